The molecule has 0 saturated heterocycles. The molecular formula is C16H15NO. The van der Waals surface area contributed by atoms with Crippen LogP contribution < -0.4 is 5.32 Å². The molecular weight excluding hydrogens is 222 g/mol. The topological polar surface area (TPSA) is 32.3 Å². The van der Waals surface area contributed by atoms with Crippen LogP contribution in [0.4, 0.5) is 0 Å². The second-order valence-corrected chi connectivity index (χ2v) is 5.15. The van der Waals surface area contributed by atoms with Crippen molar-refractivity contribution in [3.63, 3.8) is 0 Å². The van der Waals surface area contributed by atoms with Crippen molar-refractivity contribution in [3.8, 4) is 16.9 Å². The molecule has 1 atom stereocenters. The number of hydrogen-bond donors (Lipinski definition) is 2. The van der Waals surface area contributed by atoms with Gasteiger partial charge in [0.2, 0.25) is 0 Å². The Kier molecular flexibility index (Phi) is 2.03. The molecule has 0 spiro atoms. The van der Waals surface area contributed by atoms with Crippen LogP contribution in [0.5, 0.6) is 5.75 Å². The summed E-state index contributed by atoms with van der Waals surface area (Å²) < 4.78 is 0. The molecule has 0 saturated carbocycles. The smallest absolute Gasteiger partial charge is 0.123 e. The van der Waals surface area contributed by atoms with Gasteiger partial charge in [-0.05, 0) is 47.7 Å². The molecule has 1 heterocycles. The first-order valence-electron chi connectivity index (χ1n) is 6.51. The summed E-state index contributed by atoms with van der Waals surface area (Å²) in [7, 11) is 0. The van der Waals surface area contributed by atoms with Gasteiger partial charge in [0.1, 0.15) is 5.75 Å². The molecule has 90 valence electrons. The SMILES string of the molecule is Oc1ccc2c3c1-c1ccccc1CC3NCC2. The van der Waals surface area contributed by atoms with Crippen LogP contribution in [0.2, 0.25) is 0 Å². The Morgan fingerprint density at radius 1 is 1.06 bits per heavy atom. The van der Waals surface area contributed by atoms with Gasteiger partial charge in [-0.15, -0.1) is 0 Å². The molecule has 0 fully saturated rings. The number of rotatable bonds is 0. The highest BCUT2D eigenvalue weighted by Gasteiger charge is 2.30. The van der Waals surface area contributed by atoms with E-state index in [-0.39, 0.29) is 0 Å². The van der Waals surface area contributed by atoms with Gasteiger partial charge in [-0.1, -0.05) is 30.3 Å². The normalized spacial score (nSPS) is 20.1. The van der Waals surface area contributed by atoms with Crippen molar-refractivity contribution in [2.75, 3.05) is 6.54 Å². The van der Waals surface area contributed by atoms with E-state index in [1.54, 1.807) is 0 Å². The van der Waals surface area contributed by atoms with E-state index in [0.29, 0.717) is 11.8 Å². The van der Waals surface area contributed by atoms with E-state index < -0.39 is 0 Å². The summed E-state index contributed by atoms with van der Waals surface area (Å²) >= 11 is 0. The number of hydrogen-bond acceptors (Lipinski definition) is 2. The van der Waals surface area contributed by atoms with Crippen LogP contribution in [0.1, 0.15) is 22.7 Å². The number of aromatic hydroxyl groups is 1. The van der Waals surface area contributed by atoms with Crippen molar-refractivity contribution >= 4 is 0 Å². The first kappa shape index (κ1) is 10.2. The van der Waals surface area contributed by atoms with Crippen LogP contribution in [-0.2, 0) is 12.8 Å². The van der Waals surface area contributed by atoms with E-state index in [1.807, 2.05) is 12.1 Å². The summed E-state index contributed by atoms with van der Waals surface area (Å²) in [6.07, 6.45) is 2.08. The Hall–Kier alpha value is -1.80. The van der Waals surface area contributed by atoms with E-state index in [2.05, 4.69) is 29.6 Å². The van der Waals surface area contributed by atoms with Crippen molar-refractivity contribution in [3.05, 3.63) is 53.1 Å². The standard InChI is InChI=1S/C16H15NO/c18-14-6-5-10-7-8-17-13-9-11-3-1-2-4-12(11)16(14)15(10)13/h1-6,13,17-18H,7-9H2. The highest BCUT2D eigenvalue weighted by molar-refractivity contribution is 5.80. The Bertz CT molecular complexity index is 633. The summed E-state index contributed by atoms with van der Waals surface area (Å²) in [6, 6.07) is 12.7. The van der Waals surface area contributed by atoms with Crippen LogP contribution >= 0.6 is 0 Å². The molecule has 2 aliphatic rings. The maximum Gasteiger partial charge on any atom is 0.123 e. The van der Waals surface area contributed by atoms with E-state index in [4.69, 9.17) is 0 Å². The van der Waals surface area contributed by atoms with Gasteiger partial charge in [-0.2, -0.15) is 0 Å². The summed E-state index contributed by atoms with van der Waals surface area (Å²) in [4.78, 5) is 0. The second-order valence-electron chi connectivity index (χ2n) is 5.15. The fraction of sp³-hybridized carbons (Fsp3) is 0.250. The molecule has 0 aromatic heterocycles. The van der Waals surface area contributed by atoms with Crippen molar-refractivity contribution in [2.45, 2.75) is 18.9 Å². The zero-order valence-corrected chi connectivity index (χ0v) is 10.1. The molecule has 0 radical (unpaired) electrons. The number of fused-ring (bicyclic) bond motifs is 2. The van der Waals surface area contributed by atoms with Gasteiger partial charge < -0.3 is 10.4 Å². The lowest BCUT2D eigenvalue weighted by Crippen LogP contribution is -2.33. The van der Waals surface area contributed by atoms with Crippen molar-refractivity contribution < 1.29 is 5.11 Å². The van der Waals surface area contributed by atoms with E-state index in [9.17, 15) is 5.11 Å². The monoisotopic (exact) mass is 237 g/mol. The number of nitrogens with one attached hydrogen (secondary N) is 1. The van der Waals surface area contributed by atoms with Gasteiger partial charge in [0.25, 0.3) is 0 Å². The van der Waals surface area contributed by atoms with Crippen molar-refractivity contribution in [2.24, 2.45) is 0 Å². The van der Waals surface area contributed by atoms with Gasteiger partial charge in [-0.25, -0.2) is 0 Å². The van der Waals surface area contributed by atoms with Crippen LogP contribution in [0, 0.1) is 0 Å². The van der Waals surface area contributed by atoms with Crippen LogP contribution in [0.15, 0.2) is 36.4 Å². The van der Waals surface area contributed by atoms with Crippen molar-refractivity contribution in [1.29, 1.82) is 0 Å². The zero-order chi connectivity index (χ0) is 12.1. The molecule has 18 heavy (non-hydrogen) atoms. The number of phenolic OH excluding ortho intramolecular Hbond substituents is 1. The number of phenols is 1. The van der Waals surface area contributed by atoms with Gasteiger partial charge in [0, 0.05) is 11.6 Å². The fourth-order valence-corrected chi connectivity index (χ4v) is 3.37. The Balaban J connectivity index is 2.08. The maximum absolute atomic E-state index is 10.2. The van der Waals surface area contributed by atoms with Crippen LogP contribution in [0.25, 0.3) is 11.1 Å². The molecule has 1 aliphatic heterocycles. The predicted octanol–water partition coefficient (Wildman–Crippen LogP) is 2.80. The molecule has 2 nitrogen and oxygen atoms in total. The highest BCUT2D eigenvalue weighted by Crippen LogP contribution is 2.45. The minimum absolute atomic E-state index is 0.366. The first-order valence-corrected chi connectivity index (χ1v) is 6.51. The lowest BCUT2D eigenvalue weighted by molar-refractivity contribution is 0.462. The zero-order valence-electron chi connectivity index (χ0n) is 10.1. The summed E-state index contributed by atoms with van der Waals surface area (Å²) in [5, 5.41) is 13.8. The largest absolute Gasteiger partial charge is 0.507 e. The molecule has 2 aromatic carbocycles. The third-order valence-electron chi connectivity index (χ3n) is 4.16. The van der Waals surface area contributed by atoms with E-state index in [1.165, 1.54) is 22.3 Å². The third-order valence-corrected chi connectivity index (χ3v) is 4.16. The number of benzene rings is 2. The van der Waals surface area contributed by atoms with Gasteiger partial charge >= 0.3 is 0 Å². The molecule has 0 amide bonds. The molecule has 2 N–H and O–H groups in total. The predicted molar refractivity (Wildman–Crippen MR) is 71.7 cm³/mol. The highest BCUT2D eigenvalue weighted by atomic mass is 16.3. The molecule has 2 heteroatoms. The Morgan fingerprint density at radius 3 is 2.89 bits per heavy atom. The van der Waals surface area contributed by atoms with Crippen LogP contribution in [-0.4, -0.2) is 11.7 Å². The average molecular weight is 237 g/mol. The Morgan fingerprint density at radius 2 is 1.94 bits per heavy atom. The summed E-state index contributed by atoms with van der Waals surface area (Å²) in [5.74, 6) is 0.412. The molecule has 1 unspecified atom stereocenters. The third kappa shape index (κ3) is 1.27. The first-order chi connectivity index (χ1) is 8.84. The van der Waals surface area contributed by atoms with Gasteiger partial charge in [0.15, 0.2) is 0 Å². The lowest BCUT2D eigenvalue weighted by Gasteiger charge is -2.34. The minimum atomic E-state index is 0.366. The van der Waals surface area contributed by atoms with E-state index in [0.717, 1.165) is 24.9 Å². The minimum Gasteiger partial charge on any atom is -0.507 e. The van der Waals surface area contributed by atoms with Gasteiger partial charge in [0.05, 0.1) is 0 Å². The van der Waals surface area contributed by atoms with Crippen LogP contribution in [0.3, 0.4) is 0 Å². The Labute approximate surface area is 106 Å². The molecule has 4 rings (SSSR count). The fourth-order valence-electron chi connectivity index (χ4n) is 3.37. The van der Waals surface area contributed by atoms with E-state index >= 15 is 0 Å². The quantitative estimate of drug-likeness (QED) is 0.738. The van der Waals surface area contributed by atoms with Crippen molar-refractivity contribution in [1.82, 2.24) is 5.32 Å². The maximum atomic E-state index is 10.2. The second kappa shape index (κ2) is 3.59. The lowest BCUT2D eigenvalue weighted by atomic mass is 9.77. The molecule has 0 bridgehead atoms. The van der Waals surface area contributed by atoms with Gasteiger partial charge in [-0.3, -0.25) is 0 Å². The molecule has 2 aromatic rings. The average Bonchev–Trinajstić information content (AvgIpc) is 2.41. The molecule has 1 aliphatic carbocycles. The summed E-state index contributed by atoms with van der Waals surface area (Å²) in [5.41, 5.74) is 6.29. The summed E-state index contributed by atoms with van der Waals surface area (Å²) in [6.45, 7) is 1.03.